The van der Waals surface area contributed by atoms with Gasteiger partial charge in [-0.2, -0.15) is 0 Å². The van der Waals surface area contributed by atoms with Crippen LogP contribution in [0, 0.1) is 0 Å². The molecule has 0 saturated carbocycles. The van der Waals surface area contributed by atoms with Crippen molar-refractivity contribution in [2.75, 3.05) is 13.1 Å². The highest BCUT2D eigenvalue weighted by atomic mass is 35.5. The summed E-state index contributed by atoms with van der Waals surface area (Å²) >= 11 is 12.5. The number of carbonyl (C=O) groups excluding carboxylic acids is 4. The van der Waals surface area contributed by atoms with Crippen molar-refractivity contribution in [1.29, 1.82) is 0 Å². The molecule has 1 aromatic heterocycles. The van der Waals surface area contributed by atoms with E-state index in [9.17, 15) is 29.1 Å². The minimum absolute atomic E-state index is 0.0541. The number of nitrogens with one attached hydrogen (secondary N) is 3. The number of carboxylic acid groups (broad SMARTS) is 1. The van der Waals surface area contributed by atoms with Gasteiger partial charge in [0.05, 0.1) is 21.9 Å². The van der Waals surface area contributed by atoms with Crippen LogP contribution in [0.25, 0.3) is 6.08 Å². The van der Waals surface area contributed by atoms with Crippen molar-refractivity contribution in [3.63, 3.8) is 0 Å². The third-order valence-electron chi connectivity index (χ3n) is 5.78. The molecule has 202 valence electrons. The highest BCUT2D eigenvalue weighted by Crippen LogP contribution is 2.27. The molecule has 11 nitrogen and oxygen atoms in total. The van der Waals surface area contributed by atoms with Crippen molar-refractivity contribution in [1.82, 2.24) is 20.9 Å². The molecule has 38 heavy (non-hydrogen) atoms. The molecule has 1 aliphatic heterocycles. The van der Waals surface area contributed by atoms with Crippen LogP contribution >= 0.6 is 23.2 Å². The van der Waals surface area contributed by atoms with Crippen molar-refractivity contribution < 1.29 is 33.5 Å². The standard InChI is InChI=1S/C25H26Cl2N4O7/c1-14(32)31-8-2-5-20(31)23(34)29-13-19(25(36)37)30-24(35)22-17(26)10-15(11-18(22)27)12-28-21(33)7-6-16-4-3-9-38-16/h3-4,6-7,9-11,19-20H,2,5,8,12-13H2,1H3,(H,28,33)(H,29,34)(H,30,35)(H,36,37)/b7-6+/t19-,20-/m0/s1. The van der Waals surface area contributed by atoms with Crippen LogP contribution < -0.4 is 16.0 Å². The normalized spacial score (nSPS) is 15.8. The number of benzene rings is 1. The maximum atomic E-state index is 12.8. The number of carboxylic acids is 1. The fourth-order valence-corrected chi connectivity index (χ4v) is 4.61. The monoisotopic (exact) mass is 564 g/mol. The molecule has 0 unspecified atom stereocenters. The topological polar surface area (TPSA) is 158 Å². The second kappa shape index (κ2) is 13.1. The maximum absolute atomic E-state index is 12.8. The summed E-state index contributed by atoms with van der Waals surface area (Å²) in [6, 6.07) is 4.06. The lowest BCUT2D eigenvalue weighted by atomic mass is 10.1. The van der Waals surface area contributed by atoms with E-state index in [0.717, 1.165) is 0 Å². The van der Waals surface area contributed by atoms with Gasteiger partial charge in [-0.1, -0.05) is 23.2 Å². The largest absolute Gasteiger partial charge is 0.480 e. The number of amides is 4. The Bertz CT molecular complexity index is 1220. The fourth-order valence-electron chi connectivity index (χ4n) is 3.90. The van der Waals surface area contributed by atoms with Crippen LogP contribution in [0.5, 0.6) is 0 Å². The van der Waals surface area contributed by atoms with E-state index in [1.54, 1.807) is 12.1 Å². The number of rotatable bonds is 10. The highest BCUT2D eigenvalue weighted by Gasteiger charge is 2.33. The van der Waals surface area contributed by atoms with E-state index in [-0.39, 0.29) is 28.1 Å². The number of furan rings is 1. The first-order chi connectivity index (χ1) is 18.1. The fraction of sp³-hybridized carbons (Fsp3) is 0.320. The van der Waals surface area contributed by atoms with Crippen LogP contribution in [0.3, 0.4) is 0 Å². The summed E-state index contributed by atoms with van der Waals surface area (Å²) in [5, 5.41) is 16.9. The van der Waals surface area contributed by atoms with Gasteiger partial charge in [0.1, 0.15) is 17.8 Å². The minimum atomic E-state index is -1.48. The summed E-state index contributed by atoms with van der Waals surface area (Å²) in [6.07, 6.45) is 5.40. The number of nitrogens with zero attached hydrogens (tertiary/aromatic N) is 1. The first-order valence-corrected chi connectivity index (χ1v) is 12.4. The zero-order chi connectivity index (χ0) is 27.8. The predicted octanol–water partition coefficient (Wildman–Crippen LogP) is 2.23. The Morgan fingerprint density at radius 3 is 2.50 bits per heavy atom. The van der Waals surface area contributed by atoms with Crippen LogP contribution in [-0.2, 0) is 25.7 Å². The van der Waals surface area contributed by atoms with Crippen LogP contribution in [0.1, 0.15) is 41.4 Å². The van der Waals surface area contributed by atoms with Gasteiger partial charge < -0.3 is 30.4 Å². The van der Waals surface area contributed by atoms with E-state index in [4.69, 9.17) is 27.6 Å². The summed E-state index contributed by atoms with van der Waals surface area (Å²) in [6.45, 7) is 1.46. The molecular weight excluding hydrogens is 539 g/mol. The molecule has 4 N–H and O–H groups in total. The van der Waals surface area contributed by atoms with E-state index in [0.29, 0.717) is 30.7 Å². The van der Waals surface area contributed by atoms with Gasteiger partial charge in [-0.3, -0.25) is 19.2 Å². The smallest absolute Gasteiger partial charge is 0.328 e. The number of likely N-dealkylation sites (tertiary alicyclic amines) is 1. The molecular formula is C25H26Cl2N4O7. The zero-order valence-electron chi connectivity index (χ0n) is 20.3. The highest BCUT2D eigenvalue weighted by molar-refractivity contribution is 6.39. The summed E-state index contributed by atoms with van der Waals surface area (Å²) in [7, 11) is 0. The summed E-state index contributed by atoms with van der Waals surface area (Å²) in [5.74, 6) is -2.88. The van der Waals surface area contributed by atoms with Crippen LogP contribution in [0.4, 0.5) is 0 Å². The van der Waals surface area contributed by atoms with Crippen molar-refractivity contribution in [3.05, 3.63) is 63.5 Å². The average molecular weight is 565 g/mol. The lowest BCUT2D eigenvalue weighted by molar-refractivity contribution is -0.140. The van der Waals surface area contributed by atoms with Gasteiger partial charge >= 0.3 is 5.97 Å². The van der Waals surface area contributed by atoms with Crippen LogP contribution in [-0.4, -0.2) is 64.8 Å². The lowest BCUT2D eigenvalue weighted by Gasteiger charge is -2.23. The second-order valence-electron chi connectivity index (χ2n) is 8.48. The Morgan fingerprint density at radius 2 is 1.89 bits per heavy atom. The van der Waals surface area contributed by atoms with Crippen LogP contribution in [0.2, 0.25) is 10.0 Å². The predicted molar refractivity (Wildman–Crippen MR) is 138 cm³/mol. The van der Waals surface area contributed by atoms with Crippen molar-refractivity contribution >= 4 is 58.9 Å². The van der Waals surface area contributed by atoms with E-state index >= 15 is 0 Å². The molecule has 2 heterocycles. The number of hydrogen-bond acceptors (Lipinski definition) is 6. The van der Waals surface area contributed by atoms with E-state index in [1.807, 2.05) is 0 Å². The van der Waals surface area contributed by atoms with Crippen molar-refractivity contribution in [2.45, 2.75) is 38.4 Å². The van der Waals surface area contributed by atoms with Gasteiger partial charge in [0, 0.05) is 32.6 Å². The first-order valence-electron chi connectivity index (χ1n) is 11.6. The Labute approximate surface area is 228 Å². The van der Waals surface area contributed by atoms with Gasteiger partial charge in [0.2, 0.25) is 17.7 Å². The third kappa shape index (κ3) is 7.59. The molecule has 2 atom stereocenters. The quantitative estimate of drug-likeness (QED) is 0.322. The molecule has 1 fully saturated rings. The zero-order valence-corrected chi connectivity index (χ0v) is 21.8. The van der Waals surface area contributed by atoms with Gasteiger partial charge in [-0.05, 0) is 48.7 Å². The number of carbonyl (C=O) groups is 5. The Balaban J connectivity index is 1.59. The molecule has 0 bridgehead atoms. The molecule has 3 rings (SSSR count). The molecule has 2 aromatic rings. The average Bonchev–Trinajstić information content (AvgIpc) is 3.55. The van der Waals surface area contributed by atoms with Crippen molar-refractivity contribution in [3.8, 4) is 0 Å². The Hall–Kier alpha value is -3.83. The van der Waals surface area contributed by atoms with Gasteiger partial charge in [0.25, 0.3) is 5.91 Å². The second-order valence-corrected chi connectivity index (χ2v) is 9.30. The summed E-state index contributed by atoms with van der Waals surface area (Å²) < 4.78 is 5.11. The minimum Gasteiger partial charge on any atom is -0.480 e. The molecule has 1 aliphatic rings. The van der Waals surface area contributed by atoms with Crippen LogP contribution in [0.15, 0.2) is 41.0 Å². The third-order valence-corrected chi connectivity index (χ3v) is 6.38. The molecule has 0 aliphatic carbocycles. The van der Waals surface area contributed by atoms with Crippen molar-refractivity contribution in [2.24, 2.45) is 0 Å². The van der Waals surface area contributed by atoms with E-state index < -0.39 is 42.3 Å². The summed E-state index contributed by atoms with van der Waals surface area (Å²) in [4.78, 5) is 62.2. The maximum Gasteiger partial charge on any atom is 0.328 e. The summed E-state index contributed by atoms with van der Waals surface area (Å²) in [5.41, 5.74) is 0.349. The SMILES string of the molecule is CC(=O)N1CCC[C@H]1C(=O)NC[C@H](NC(=O)c1c(Cl)cc(CNC(=O)/C=C/c2ccco2)cc1Cl)C(=O)O. The van der Waals surface area contributed by atoms with Gasteiger partial charge in [0.15, 0.2) is 0 Å². The molecule has 1 aromatic carbocycles. The molecule has 1 saturated heterocycles. The van der Waals surface area contributed by atoms with Gasteiger partial charge in [-0.15, -0.1) is 0 Å². The van der Waals surface area contributed by atoms with E-state index in [2.05, 4.69) is 16.0 Å². The Kier molecular flexibility index (Phi) is 9.91. The molecule has 0 radical (unpaired) electrons. The van der Waals surface area contributed by atoms with Gasteiger partial charge in [-0.25, -0.2) is 4.79 Å². The molecule has 4 amide bonds. The molecule has 13 heteroatoms. The Morgan fingerprint density at radius 1 is 1.18 bits per heavy atom. The number of hydrogen-bond donors (Lipinski definition) is 4. The lowest BCUT2D eigenvalue weighted by Crippen LogP contribution is -2.52. The molecule has 0 spiro atoms. The first kappa shape index (κ1) is 28.7. The number of halogens is 2. The van der Waals surface area contributed by atoms with E-state index in [1.165, 1.54) is 42.4 Å². The number of aliphatic carboxylic acids is 1.